The van der Waals surface area contributed by atoms with Gasteiger partial charge in [-0.05, 0) is 13.8 Å². The summed E-state index contributed by atoms with van der Waals surface area (Å²) in [6.45, 7) is 4.36. The van der Waals surface area contributed by atoms with Gasteiger partial charge in [-0.3, -0.25) is 9.59 Å². The van der Waals surface area contributed by atoms with Gasteiger partial charge in [0.1, 0.15) is 12.4 Å². The molecule has 1 atom stereocenters. The molecule has 1 saturated heterocycles. The van der Waals surface area contributed by atoms with Crippen LogP contribution in [0.15, 0.2) is 12.5 Å². The van der Waals surface area contributed by atoms with E-state index in [9.17, 15) is 9.59 Å². The highest BCUT2D eigenvalue weighted by Crippen LogP contribution is 2.25. The quantitative estimate of drug-likeness (QED) is 0.889. The summed E-state index contributed by atoms with van der Waals surface area (Å²) >= 11 is 2.95. The molecule has 1 aliphatic heterocycles. The molecule has 2 aromatic heterocycles. The Morgan fingerprint density at radius 3 is 2.96 bits per heavy atom. The molecule has 1 unspecified atom stereocenters. The summed E-state index contributed by atoms with van der Waals surface area (Å²) in [7, 11) is 0. The fourth-order valence-electron chi connectivity index (χ4n) is 2.25. The van der Waals surface area contributed by atoms with E-state index < -0.39 is 6.04 Å². The smallest absolute Gasteiger partial charge is 0.292 e. The summed E-state index contributed by atoms with van der Waals surface area (Å²) < 4.78 is 1.53. The van der Waals surface area contributed by atoms with Crippen LogP contribution in [0.1, 0.15) is 22.4 Å². The van der Waals surface area contributed by atoms with Crippen LogP contribution >= 0.6 is 23.1 Å². The molecule has 0 bridgehead atoms. The third-order valence-corrected chi connectivity index (χ3v) is 5.24. The van der Waals surface area contributed by atoms with Crippen molar-refractivity contribution < 1.29 is 9.59 Å². The lowest BCUT2D eigenvalue weighted by Crippen LogP contribution is -2.45. The first-order valence-corrected chi connectivity index (χ1v) is 9.07. The number of nitrogens with zero attached hydrogens (tertiary/aromatic N) is 5. The summed E-state index contributed by atoms with van der Waals surface area (Å²) in [6.07, 6.45) is 3.06. The molecule has 0 aromatic carbocycles. The van der Waals surface area contributed by atoms with Crippen LogP contribution in [0.3, 0.4) is 0 Å². The van der Waals surface area contributed by atoms with Gasteiger partial charge in [0, 0.05) is 23.4 Å². The minimum absolute atomic E-state index is 0.222. The SMILES string of the molecule is CCn1ncnc1C(=O)N1CSCC1C(=O)Nc1ncc(C)s1. The molecule has 3 rings (SSSR count). The number of anilines is 1. The average Bonchev–Trinajstić information content (AvgIpc) is 3.26. The van der Waals surface area contributed by atoms with E-state index in [-0.39, 0.29) is 17.6 Å². The van der Waals surface area contributed by atoms with Crippen molar-refractivity contribution in [2.75, 3.05) is 16.9 Å². The minimum Gasteiger partial charge on any atom is -0.314 e. The van der Waals surface area contributed by atoms with Gasteiger partial charge in [-0.1, -0.05) is 0 Å². The predicted octanol–water partition coefficient (Wildman–Crippen LogP) is 1.22. The monoisotopic (exact) mass is 352 g/mol. The molecule has 1 N–H and O–H groups in total. The Bertz CT molecular complexity index is 728. The Hall–Kier alpha value is -1.94. The van der Waals surface area contributed by atoms with Crippen molar-refractivity contribution in [2.24, 2.45) is 0 Å². The zero-order chi connectivity index (χ0) is 16.4. The predicted molar refractivity (Wildman–Crippen MR) is 88.5 cm³/mol. The third-order valence-electron chi connectivity index (χ3n) is 3.40. The van der Waals surface area contributed by atoms with Crippen LogP contribution < -0.4 is 5.32 Å². The summed E-state index contributed by atoms with van der Waals surface area (Å²) in [5.74, 6) is 0.787. The van der Waals surface area contributed by atoms with E-state index in [1.165, 1.54) is 27.2 Å². The molecule has 10 heteroatoms. The maximum Gasteiger partial charge on any atom is 0.292 e. The summed E-state index contributed by atoms with van der Waals surface area (Å²) in [5.41, 5.74) is 0. The summed E-state index contributed by atoms with van der Waals surface area (Å²) in [5, 5.41) is 7.34. The number of aromatic nitrogens is 4. The van der Waals surface area contributed by atoms with Crippen molar-refractivity contribution in [3.8, 4) is 0 Å². The highest BCUT2D eigenvalue weighted by molar-refractivity contribution is 7.99. The van der Waals surface area contributed by atoms with Crippen molar-refractivity contribution in [2.45, 2.75) is 26.4 Å². The van der Waals surface area contributed by atoms with Crippen LogP contribution in [0.25, 0.3) is 0 Å². The molecule has 3 heterocycles. The molecule has 2 aromatic rings. The van der Waals surface area contributed by atoms with Gasteiger partial charge in [-0.2, -0.15) is 5.10 Å². The first kappa shape index (κ1) is 15.9. The summed E-state index contributed by atoms with van der Waals surface area (Å²) in [4.78, 5) is 35.8. The number of rotatable bonds is 4. The molecule has 1 aliphatic rings. The fourth-order valence-corrected chi connectivity index (χ4v) is 4.07. The van der Waals surface area contributed by atoms with Crippen molar-refractivity contribution >= 4 is 40.0 Å². The zero-order valence-corrected chi connectivity index (χ0v) is 14.4. The van der Waals surface area contributed by atoms with Crippen LogP contribution in [-0.4, -0.2) is 54.1 Å². The molecule has 0 radical (unpaired) electrons. The lowest BCUT2D eigenvalue weighted by Gasteiger charge is -2.22. The van der Waals surface area contributed by atoms with Crippen LogP contribution in [0, 0.1) is 6.92 Å². The van der Waals surface area contributed by atoms with E-state index in [4.69, 9.17) is 0 Å². The lowest BCUT2D eigenvalue weighted by atomic mass is 10.2. The van der Waals surface area contributed by atoms with Gasteiger partial charge in [0.05, 0.1) is 5.88 Å². The second-order valence-electron chi connectivity index (χ2n) is 4.96. The number of thioether (sulfide) groups is 1. The van der Waals surface area contributed by atoms with Crippen LogP contribution in [-0.2, 0) is 11.3 Å². The van der Waals surface area contributed by atoms with Crippen LogP contribution in [0.2, 0.25) is 0 Å². The Morgan fingerprint density at radius 1 is 1.43 bits per heavy atom. The minimum atomic E-state index is -0.529. The highest BCUT2D eigenvalue weighted by Gasteiger charge is 2.37. The molecular formula is C13H16N6O2S2. The van der Waals surface area contributed by atoms with E-state index in [0.717, 1.165) is 4.88 Å². The van der Waals surface area contributed by atoms with Gasteiger partial charge in [0.15, 0.2) is 5.13 Å². The number of aryl methyl sites for hydroxylation is 2. The molecule has 2 amide bonds. The fraction of sp³-hybridized carbons (Fsp3) is 0.462. The standard InChI is InChI=1S/C13H16N6O2S2/c1-3-19-10(15-6-16-19)12(21)18-7-22-5-9(18)11(20)17-13-14-4-8(2)23-13/h4,6,9H,3,5,7H2,1-2H3,(H,14,17,20). The number of carbonyl (C=O) groups excluding carboxylic acids is 2. The third kappa shape index (κ3) is 3.22. The van der Waals surface area contributed by atoms with Gasteiger partial charge in [0.2, 0.25) is 11.7 Å². The largest absolute Gasteiger partial charge is 0.314 e. The van der Waals surface area contributed by atoms with Gasteiger partial charge in [-0.25, -0.2) is 14.6 Å². The van der Waals surface area contributed by atoms with Crippen molar-refractivity contribution in [3.63, 3.8) is 0 Å². The number of carbonyl (C=O) groups is 2. The molecule has 0 spiro atoms. The zero-order valence-electron chi connectivity index (χ0n) is 12.7. The van der Waals surface area contributed by atoms with E-state index in [1.807, 2.05) is 13.8 Å². The van der Waals surface area contributed by atoms with Gasteiger partial charge in [0.25, 0.3) is 5.91 Å². The second-order valence-corrected chi connectivity index (χ2v) is 7.19. The second kappa shape index (κ2) is 6.67. The van der Waals surface area contributed by atoms with Crippen molar-refractivity contribution in [1.29, 1.82) is 0 Å². The van der Waals surface area contributed by atoms with Crippen molar-refractivity contribution in [1.82, 2.24) is 24.6 Å². The Labute approximate surface area is 141 Å². The topological polar surface area (TPSA) is 93.0 Å². The van der Waals surface area contributed by atoms with E-state index >= 15 is 0 Å². The molecule has 0 aliphatic carbocycles. The number of hydrogen-bond acceptors (Lipinski definition) is 7. The van der Waals surface area contributed by atoms with Gasteiger partial charge >= 0.3 is 0 Å². The molecular weight excluding hydrogens is 336 g/mol. The van der Waals surface area contributed by atoms with Gasteiger partial charge < -0.3 is 10.2 Å². The number of amides is 2. The Kier molecular flexibility index (Phi) is 4.62. The Morgan fingerprint density at radius 2 is 2.26 bits per heavy atom. The lowest BCUT2D eigenvalue weighted by molar-refractivity contribution is -0.119. The maximum absolute atomic E-state index is 12.7. The Balaban J connectivity index is 1.74. The number of nitrogens with one attached hydrogen (secondary N) is 1. The normalized spacial score (nSPS) is 17.5. The molecule has 1 fully saturated rings. The van der Waals surface area contributed by atoms with E-state index in [1.54, 1.807) is 18.0 Å². The average molecular weight is 352 g/mol. The number of hydrogen-bond donors (Lipinski definition) is 1. The maximum atomic E-state index is 12.7. The molecule has 23 heavy (non-hydrogen) atoms. The first-order valence-electron chi connectivity index (χ1n) is 7.10. The van der Waals surface area contributed by atoms with Crippen LogP contribution in [0.5, 0.6) is 0 Å². The van der Waals surface area contributed by atoms with Gasteiger partial charge in [-0.15, -0.1) is 23.1 Å². The molecule has 0 saturated carbocycles. The van der Waals surface area contributed by atoms with E-state index in [0.29, 0.717) is 23.3 Å². The summed E-state index contributed by atoms with van der Waals surface area (Å²) in [6, 6.07) is -0.529. The van der Waals surface area contributed by atoms with E-state index in [2.05, 4.69) is 20.4 Å². The first-order chi connectivity index (χ1) is 11.1. The van der Waals surface area contributed by atoms with Crippen molar-refractivity contribution in [3.05, 3.63) is 23.2 Å². The number of thiazole rings is 1. The molecule has 8 nitrogen and oxygen atoms in total. The molecule has 122 valence electrons. The highest BCUT2D eigenvalue weighted by atomic mass is 32.2. The van der Waals surface area contributed by atoms with Crippen LogP contribution in [0.4, 0.5) is 5.13 Å².